The Morgan fingerprint density at radius 3 is 2.49 bits per heavy atom. The molecule has 0 radical (unpaired) electrons. The van der Waals surface area contributed by atoms with Gasteiger partial charge in [0.2, 0.25) is 5.91 Å². The Morgan fingerprint density at radius 2 is 1.69 bits per heavy atom. The van der Waals surface area contributed by atoms with Crippen LogP contribution in [-0.4, -0.2) is 35.6 Å². The number of rotatable bonds is 8. The first-order valence-corrected chi connectivity index (χ1v) is 13.2. The summed E-state index contributed by atoms with van der Waals surface area (Å²) in [5, 5.41) is 4.63. The third-order valence-electron chi connectivity index (χ3n) is 6.07. The van der Waals surface area contributed by atoms with Gasteiger partial charge < -0.3 is 14.8 Å². The van der Waals surface area contributed by atoms with Gasteiger partial charge in [-0.05, 0) is 64.5 Å². The van der Waals surface area contributed by atoms with Gasteiger partial charge in [0.25, 0.3) is 11.1 Å². The first kappa shape index (κ1) is 26.3. The van der Waals surface area contributed by atoms with Crippen LogP contribution in [0.5, 0.6) is 11.5 Å². The van der Waals surface area contributed by atoms with Gasteiger partial charge in [-0.1, -0.05) is 66.2 Å². The summed E-state index contributed by atoms with van der Waals surface area (Å²) in [6.45, 7) is -0.129. The summed E-state index contributed by atoms with van der Waals surface area (Å²) in [5.41, 5.74) is 2.05. The maximum absolute atomic E-state index is 13.2. The third-order valence-corrected chi connectivity index (χ3v) is 7.23. The monoisotopic (exact) mass is 558 g/mol. The molecule has 39 heavy (non-hydrogen) atoms. The summed E-state index contributed by atoms with van der Waals surface area (Å²) in [4.78, 5) is 39.8. The molecule has 4 aromatic rings. The summed E-state index contributed by atoms with van der Waals surface area (Å²) >= 11 is 6.78. The fourth-order valence-corrected chi connectivity index (χ4v) is 5.09. The van der Waals surface area contributed by atoms with E-state index in [1.54, 1.807) is 42.5 Å². The molecule has 9 heteroatoms. The molecule has 1 heterocycles. The Labute approximate surface area is 234 Å². The fraction of sp³-hybridized carbons (Fsp3) is 0.100. The van der Waals surface area contributed by atoms with Crippen LogP contribution in [0.25, 0.3) is 16.8 Å². The van der Waals surface area contributed by atoms with E-state index >= 15 is 0 Å². The predicted molar refractivity (Wildman–Crippen MR) is 154 cm³/mol. The number of hydrogen-bond acceptors (Lipinski definition) is 6. The maximum atomic E-state index is 13.2. The minimum atomic E-state index is -0.545. The molecule has 1 aliphatic rings. The zero-order valence-corrected chi connectivity index (χ0v) is 22.4. The second kappa shape index (κ2) is 11.6. The standard InChI is InChI=1S/C30H23ClN2O5S/c1-37-26-9-5-4-8-24(26)32-28(34)17-33-29(35)27(39-30(33)36)16-23-22-7-3-2-6-20(22)12-15-25(23)38-18-19-10-13-21(31)14-11-19/h2-16H,17-18H2,1H3,(H,32,34)/b27-16+. The molecule has 3 amide bonds. The van der Waals surface area contributed by atoms with E-state index in [1.165, 1.54) is 7.11 Å². The predicted octanol–water partition coefficient (Wildman–Crippen LogP) is 6.76. The molecule has 7 nitrogen and oxygen atoms in total. The van der Waals surface area contributed by atoms with E-state index in [2.05, 4.69) is 5.32 Å². The highest BCUT2D eigenvalue weighted by atomic mass is 35.5. The zero-order chi connectivity index (χ0) is 27.4. The van der Waals surface area contributed by atoms with Crippen LogP contribution in [0.4, 0.5) is 10.5 Å². The summed E-state index contributed by atoms with van der Waals surface area (Å²) < 4.78 is 11.4. The van der Waals surface area contributed by atoms with Crippen molar-refractivity contribution in [2.75, 3.05) is 19.0 Å². The summed E-state index contributed by atoms with van der Waals surface area (Å²) in [7, 11) is 1.49. The van der Waals surface area contributed by atoms with Crippen LogP contribution in [0.15, 0.2) is 89.8 Å². The minimum Gasteiger partial charge on any atom is -0.495 e. The molecule has 5 rings (SSSR count). The Morgan fingerprint density at radius 1 is 0.949 bits per heavy atom. The topological polar surface area (TPSA) is 84.9 Å². The molecule has 0 saturated carbocycles. The fourth-order valence-electron chi connectivity index (χ4n) is 4.14. The molecule has 0 aromatic heterocycles. The van der Waals surface area contributed by atoms with Gasteiger partial charge in [0.05, 0.1) is 17.7 Å². The summed E-state index contributed by atoms with van der Waals surface area (Å²) in [6, 6.07) is 25.8. The van der Waals surface area contributed by atoms with E-state index in [0.29, 0.717) is 34.4 Å². The molecule has 0 spiro atoms. The van der Waals surface area contributed by atoms with Crippen molar-refractivity contribution in [1.82, 2.24) is 4.90 Å². The molecule has 1 aliphatic heterocycles. The number of nitrogens with one attached hydrogen (secondary N) is 1. The SMILES string of the molecule is COc1ccccc1NC(=O)CN1C(=O)S/C(=C/c2c(OCc3ccc(Cl)cc3)ccc3ccccc23)C1=O. The second-order valence-corrected chi connectivity index (χ2v) is 10.1. The first-order chi connectivity index (χ1) is 18.9. The van der Waals surface area contributed by atoms with Crippen LogP contribution in [0.3, 0.4) is 0 Å². The molecule has 0 atom stereocenters. The molecule has 0 aliphatic carbocycles. The van der Waals surface area contributed by atoms with E-state index in [0.717, 1.165) is 33.0 Å². The molecule has 1 fully saturated rings. The van der Waals surface area contributed by atoms with Crippen molar-refractivity contribution in [3.63, 3.8) is 0 Å². The van der Waals surface area contributed by atoms with Gasteiger partial charge in [0.15, 0.2) is 0 Å². The number of imide groups is 1. The lowest BCUT2D eigenvalue weighted by molar-refractivity contribution is -0.127. The molecular formula is C30H23ClN2O5S. The first-order valence-electron chi connectivity index (χ1n) is 12.0. The van der Waals surface area contributed by atoms with Crippen molar-refractivity contribution < 1.29 is 23.9 Å². The number of ether oxygens (including phenoxy) is 2. The molecule has 1 N–H and O–H groups in total. The number of fused-ring (bicyclic) bond motifs is 1. The number of benzene rings is 4. The number of carbonyl (C=O) groups is 3. The van der Waals surface area contributed by atoms with Crippen molar-refractivity contribution in [1.29, 1.82) is 0 Å². The number of para-hydroxylation sites is 2. The van der Waals surface area contributed by atoms with Gasteiger partial charge in [0, 0.05) is 10.6 Å². The number of halogens is 1. The lowest BCUT2D eigenvalue weighted by Gasteiger charge is -2.14. The van der Waals surface area contributed by atoms with Crippen molar-refractivity contribution in [2.45, 2.75) is 6.61 Å². The van der Waals surface area contributed by atoms with Crippen LogP contribution in [-0.2, 0) is 16.2 Å². The lowest BCUT2D eigenvalue weighted by Crippen LogP contribution is -2.36. The Balaban J connectivity index is 1.39. The minimum absolute atomic E-state index is 0.206. The Hall–Kier alpha value is -4.27. The highest BCUT2D eigenvalue weighted by Crippen LogP contribution is 2.37. The van der Waals surface area contributed by atoms with Crippen LogP contribution < -0.4 is 14.8 Å². The van der Waals surface area contributed by atoms with Crippen molar-refractivity contribution in [2.24, 2.45) is 0 Å². The van der Waals surface area contributed by atoms with E-state index in [-0.39, 0.29) is 4.91 Å². The van der Waals surface area contributed by atoms with E-state index in [4.69, 9.17) is 21.1 Å². The van der Waals surface area contributed by atoms with Gasteiger partial charge in [-0.3, -0.25) is 19.3 Å². The van der Waals surface area contributed by atoms with Crippen molar-refractivity contribution in [3.05, 3.63) is 106 Å². The number of nitrogens with zero attached hydrogens (tertiary/aromatic N) is 1. The molecule has 0 bridgehead atoms. The summed E-state index contributed by atoms with van der Waals surface area (Å²) in [6.07, 6.45) is 1.66. The Bertz CT molecular complexity index is 1600. The van der Waals surface area contributed by atoms with E-state index in [1.807, 2.05) is 48.5 Å². The molecule has 4 aromatic carbocycles. The largest absolute Gasteiger partial charge is 0.495 e. The average molecular weight is 559 g/mol. The molecule has 1 saturated heterocycles. The van der Waals surface area contributed by atoms with Gasteiger partial charge >= 0.3 is 0 Å². The number of hydrogen-bond donors (Lipinski definition) is 1. The van der Waals surface area contributed by atoms with Crippen molar-refractivity contribution in [3.8, 4) is 11.5 Å². The quantitative estimate of drug-likeness (QED) is 0.241. The zero-order valence-electron chi connectivity index (χ0n) is 20.8. The van der Waals surface area contributed by atoms with Crippen LogP contribution in [0, 0.1) is 0 Å². The van der Waals surface area contributed by atoms with E-state index < -0.39 is 23.6 Å². The molecule has 0 unspecified atom stereocenters. The van der Waals surface area contributed by atoms with Crippen LogP contribution >= 0.6 is 23.4 Å². The molecular weight excluding hydrogens is 536 g/mol. The third kappa shape index (κ3) is 5.92. The molecule has 196 valence electrons. The van der Waals surface area contributed by atoms with Crippen LogP contribution in [0.1, 0.15) is 11.1 Å². The smallest absolute Gasteiger partial charge is 0.294 e. The average Bonchev–Trinajstić information content (AvgIpc) is 3.21. The Kier molecular flexibility index (Phi) is 7.86. The number of methoxy groups -OCH3 is 1. The maximum Gasteiger partial charge on any atom is 0.294 e. The van der Waals surface area contributed by atoms with Gasteiger partial charge in [-0.25, -0.2) is 0 Å². The number of carbonyl (C=O) groups excluding carboxylic acids is 3. The highest BCUT2D eigenvalue weighted by molar-refractivity contribution is 8.18. The number of anilines is 1. The van der Waals surface area contributed by atoms with Gasteiger partial charge in [-0.15, -0.1) is 0 Å². The van der Waals surface area contributed by atoms with Gasteiger partial charge in [-0.2, -0.15) is 0 Å². The van der Waals surface area contributed by atoms with Crippen molar-refractivity contribution >= 4 is 63.0 Å². The lowest BCUT2D eigenvalue weighted by atomic mass is 10.0. The van der Waals surface area contributed by atoms with Gasteiger partial charge in [0.1, 0.15) is 24.7 Å². The van der Waals surface area contributed by atoms with Crippen LogP contribution in [0.2, 0.25) is 5.02 Å². The van der Waals surface area contributed by atoms with E-state index in [9.17, 15) is 14.4 Å². The normalized spacial score (nSPS) is 14.2. The summed E-state index contributed by atoms with van der Waals surface area (Å²) in [5.74, 6) is -0.0247. The number of amides is 3. The number of thioether (sulfide) groups is 1. The highest BCUT2D eigenvalue weighted by Gasteiger charge is 2.36. The second-order valence-electron chi connectivity index (χ2n) is 8.63.